The molecule has 1 amide bonds. The van der Waals surface area contributed by atoms with Gasteiger partial charge < -0.3 is 15.2 Å². The Hall–Kier alpha value is -3.52. The van der Waals surface area contributed by atoms with Crippen LogP contribution in [0.5, 0.6) is 11.5 Å². The van der Waals surface area contributed by atoms with Crippen LogP contribution in [0.3, 0.4) is 0 Å². The van der Waals surface area contributed by atoms with Crippen LogP contribution in [0, 0.1) is 6.92 Å². The van der Waals surface area contributed by atoms with Crippen LogP contribution in [0.25, 0.3) is 0 Å². The summed E-state index contributed by atoms with van der Waals surface area (Å²) in [6.45, 7) is 1.68. The molecule has 3 aromatic rings. The number of ether oxygens (including phenoxy) is 1. The van der Waals surface area contributed by atoms with Crippen molar-refractivity contribution >= 4 is 29.2 Å². The maximum absolute atomic E-state index is 12.8. The number of hydrogen-bond donors (Lipinski definition) is 2. The Morgan fingerprint density at radius 1 is 1.00 bits per heavy atom. The maximum atomic E-state index is 12.8. The van der Waals surface area contributed by atoms with Crippen molar-refractivity contribution in [2.24, 2.45) is 0 Å². The quantitative estimate of drug-likeness (QED) is 0.472. The number of carboxylic acids is 1. The summed E-state index contributed by atoms with van der Waals surface area (Å²) in [5, 5.41) is 11.9. The van der Waals surface area contributed by atoms with Gasteiger partial charge in [-0.2, -0.15) is 13.2 Å². The van der Waals surface area contributed by atoms with E-state index in [1.165, 1.54) is 36.4 Å². The van der Waals surface area contributed by atoms with E-state index in [-0.39, 0.29) is 22.6 Å². The normalized spacial score (nSPS) is 11.1. The molecule has 0 unspecified atom stereocenters. The number of carbonyl (C=O) groups is 2. The van der Waals surface area contributed by atoms with Crippen molar-refractivity contribution in [2.45, 2.75) is 13.1 Å². The van der Waals surface area contributed by atoms with Crippen molar-refractivity contribution in [1.82, 2.24) is 0 Å². The van der Waals surface area contributed by atoms with Crippen LogP contribution in [-0.2, 0) is 6.18 Å². The van der Waals surface area contributed by atoms with Crippen LogP contribution in [0.4, 0.5) is 18.9 Å². The molecule has 9 heteroatoms. The molecule has 0 aliphatic carbocycles. The third kappa shape index (κ3) is 5.35. The van der Waals surface area contributed by atoms with E-state index in [1.54, 1.807) is 6.92 Å². The van der Waals surface area contributed by atoms with Crippen LogP contribution in [0.2, 0.25) is 5.02 Å². The molecule has 0 heterocycles. The predicted molar refractivity (Wildman–Crippen MR) is 109 cm³/mol. The van der Waals surface area contributed by atoms with Crippen LogP contribution < -0.4 is 10.1 Å². The lowest BCUT2D eigenvalue weighted by Crippen LogP contribution is -2.13. The molecule has 0 atom stereocenters. The molecule has 3 aromatic carbocycles. The maximum Gasteiger partial charge on any atom is 0.416 e. The van der Waals surface area contributed by atoms with E-state index in [1.807, 2.05) is 0 Å². The Bertz CT molecular complexity index is 1130. The second-order valence-corrected chi connectivity index (χ2v) is 6.97. The standard InChI is InChI=1S/C22H15ClF3NO4/c1-12-10-17(20(28)27-15-6-2-13(3-7-15)21(29)30)19(11-18(12)23)31-16-8-4-14(5-9-16)22(24,25)26/h2-11H,1H3,(H,27,28)(H,29,30). The first kappa shape index (κ1) is 22.2. The molecule has 31 heavy (non-hydrogen) atoms. The number of halogens is 4. The van der Waals surface area contributed by atoms with E-state index in [4.69, 9.17) is 21.4 Å². The SMILES string of the molecule is Cc1cc(C(=O)Nc2ccc(C(=O)O)cc2)c(Oc2ccc(C(F)(F)F)cc2)cc1Cl. The number of carbonyl (C=O) groups excluding carboxylic acids is 1. The number of carboxylic acid groups (broad SMARTS) is 1. The summed E-state index contributed by atoms with van der Waals surface area (Å²) in [5.41, 5.74) is 0.274. The van der Waals surface area contributed by atoms with E-state index in [2.05, 4.69) is 5.32 Å². The fourth-order valence-corrected chi connectivity index (χ4v) is 2.81. The zero-order chi connectivity index (χ0) is 22.8. The third-order valence-corrected chi connectivity index (χ3v) is 4.71. The van der Waals surface area contributed by atoms with Gasteiger partial charge in [-0.1, -0.05) is 11.6 Å². The number of nitrogens with one attached hydrogen (secondary N) is 1. The summed E-state index contributed by atoms with van der Waals surface area (Å²) < 4.78 is 43.9. The van der Waals surface area contributed by atoms with Crippen molar-refractivity contribution in [3.8, 4) is 11.5 Å². The van der Waals surface area contributed by atoms with E-state index in [0.29, 0.717) is 16.3 Å². The van der Waals surface area contributed by atoms with Gasteiger partial charge in [0, 0.05) is 16.8 Å². The molecular formula is C22H15ClF3NO4. The summed E-state index contributed by atoms with van der Waals surface area (Å²) in [4.78, 5) is 23.7. The van der Waals surface area contributed by atoms with Crippen molar-refractivity contribution in [3.05, 3.63) is 87.9 Å². The summed E-state index contributed by atoms with van der Waals surface area (Å²) in [7, 11) is 0. The molecule has 0 bridgehead atoms. The number of anilines is 1. The summed E-state index contributed by atoms with van der Waals surface area (Å²) in [6, 6.07) is 12.5. The van der Waals surface area contributed by atoms with E-state index >= 15 is 0 Å². The van der Waals surface area contributed by atoms with Crippen molar-refractivity contribution in [3.63, 3.8) is 0 Å². The minimum Gasteiger partial charge on any atom is -0.478 e. The van der Waals surface area contributed by atoms with Gasteiger partial charge in [0.25, 0.3) is 5.91 Å². The average Bonchev–Trinajstić information content (AvgIpc) is 2.70. The molecule has 0 radical (unpaired) electrons. The molecule has 0 fully saturated rings. The van der Waals surface area contributed by atoms with Gasteiger partial charge in [0.1, 0.15) is 11.5 Å². The smallest absolute Gasteiger partial charge is 0.416 e. The molecule has 0 saturated heterocycles. The molecule has 5 nitrogen and oxygen atoms in total. The van der Waals surface area contributed by atoms with E-state index < -0.39 is 23.6 Å². The van der Waals surface area contributed by atoms with Crippen molar-refractivity contribution < 1.29 is 32.6 Å². The highest BCUT2D eigenvalue weighted by Crippen LogP contribution is 2.34. The minimum atomic E-state index is -4.48. The number of aryl methyl sites for hydroxylation is 1. The number of aromatic carboxylic acids is 1. The van der Waals surface area contributed by atoms with Crippen LogP contribution >= 0.6 is 11.6 Å². The van der Waals surface area contributed by atoms with Crippen molar-refractivity contribution in [2.75, 3.05) is 5.32 Å². The first-order valence-corrected chi connectivity index (χ1v) is 9.22. The summed E-state index contributed by atoms with van der Waals surface area (Å²) in [5.74, 6) is -1.52. The molecule has 0 spiro atoms. The number of alkyl halides is 3. The molecule has 160 valence electrons. The highest BCUT2D eigenvalue weighted by atomic mass is 35.5. The Kier molecular flexibility index (Phi) is 6.21. The van der Waals surface area contributed by atoms with Gasteiger partial charge in [0.2, 0.25) is 0 Å². The van der Waals surface area contributed by atoms with Crippen LogP contribution in [-0.4, -0.2) is 17.0 Å². The highest BCUT2D eigenvalue weighted by molar-refractivity contribution is 6.31. The molecular weight excluding hydrogens is 435 g/mol. The van der Waals surface area contributed by atoms with Gasteiger partial charge in [-0.3, -0.25) is 4.79 Å². The molecule has 0 aliphatic rings. The number of rotatable bonds is 5. The molecule has 0 aromatic heterocycles. The second kappa shape index (κ2) is 8.69. The summed E-state index contributed by atoms with van der Waals surface area (Å²) >= 11 is 6.13. The third-order valence-electron chi connectivity index (χ3n) is 4.30. The Morgan fingerprint density at radius 3 is 2.16 bits per heavy atom. The van der Waals surface area contributed by atoms with Crippen molar-refractivity contribution in [1.29, 1.82) is 0 Å². The van der Waals surface area contributed by atoms with Gasteiger partial charge in [0.15, 0.2) is 0 Å². The predicted octanol–water partition coefficient (Wildman–Crippen LogP) is 6.41. The second-order valence-electron chi connectivity index (χ2n) is 6.56. The van der Waals surface area contributed by atoms with Gasteiger partial charge >= 0.3 is 12.1 Å². The van der Waals surface area contributed by atoms with Gasteiger partial charge in [-0.15, -0.1) is 0 Å². The number of benzene rings is 3. The molecule has 2 N–H and O–H groups in total. The van der Waals surface area contributed by atoms with E-state index in [0.717, 1.165) is 24.3 Å². The first-order chi connectivity index (χ1) is 14.5. The fourth-order valence-electron chi connectivity index (χ4n) is 2.66. The largest absolute Gasteiger partial charge is 0.478 e. The summed E-state index contributed by atoms with van der Waals surface area (Å²) in [6.07, 6.45) is -4.48. The van der Waals surface area contributed by atoms with Gasteiger partial charge in [-0.05, 0) is 67.1 Å². The number of amides is 1. The lowest BCUT2D eigenvalue weighted by atomic mass is 10.1. The zero-order valence-corrected chi connectivity index (χ0v) is 16.7. The van der Waals surface area contributed by atoms with Gasteiger partial charge in [0.05, 0.1) is 16.7 Å². The Balaban J connectivity index is 1.87. The molecule has 0 aliphatic heterocycles. The zero-order valence-electron chi connectivity index (χ0n) is 16.0. The topological polar surface area (TPSA) is 75.6 Å². The lowest BCUT2D eigenvalue weighted by Gasteiger charge is -2.14. The minimum absolute atomic E-state index is 0.0509. The average molecular weight is 450 g/mol. The number of hydrogen-bond acceptors (Lipinski definition) is 3. The fraction of sp³-hybridized carbons (Fsp3) is 0.0909. The Labute approximate surface area is 180 Å². The van der Waals surface area contributed by atoms with E-state index in [9.17, 15) is 22.8 Å². The highest BCUT2D eigenvalue weighted by Gasteiger charge is 2.30. The van der Waals surface area contributed by atoms with Gasteiger partial charge in [-0.25, -0.2) is 4.79 Å². The van der Waals surface area contributed by atoms with Crippen LogP contribution in [0.1, 0.15) is 31.8 Å². The molecule has 0 saturated carbocycles. The monoisotopic (exact) mass is 449 g/mol. The Morgan fingerprint density at radius 2 is 1.61 bits per heavy atom. The molecule has 3 rings (SSSR count). The lowest BCUT2D eigenvalue weighted by molar-refractivity contribution is -0.137. The van der Waals surface area contributed by atoms with Crippen LogP contribution in [0.15, 0.2) is 60.7 Å². The first-order valence-electron chi connectivity index (χ1n) is 8.84.